The largest absolute Gasteiger partial charge is 0.318 e. The maximum Gasteiger partial charge on any atom is 0.150 e. The first kappa shape index (κ1) is 11.9. The molecule has 14 heavy (non-hydrogen) atoms. The minimum Gasteiger partial charge on any atom is -0.318 e. The lowest BCUT2D eigenvalue weighted by Crippen LogP contribution is -2.32. The minimum atomic E-state index is -2.70. The molecule has 0 radical (unpaired) electrons. The number of rotatable bonds is 5. The first-order chi connectivity index (χ1) is 6.53. The normalized spacial score (nSPS) is 25.8. The number of likely N-dealkylation sites (N-methyl/N-ethyl adjacent to an activating group) is 2. The van der Waals surface area contributed by atoms with E-state index in [0.717, 1.165) is 26.1 Å². The lowest BCUT2D eigenvalue weighted by Gasteiger charge is -2.19. The average molecular weight is 220 g/mol. The molecule has 1 aliphatic rings. The van der Waals surface area contributed by atoms with Crippen molar-refractivity contribution in [3.8, 4) is 0 Å². The lowest BCUT2D eigenvalue weighted by atomic mass is 10.1. The molecule has 5 heteroatoms. The van der Waals surface area contributed by atoms with Crippen LogP contribution in [0.3, 0.4) is 0 Å². The fourth-order valence-corrected chi connectivity index (χ4v) is 3.70. The fourth-order valence-electron chi connectivity index (χ4n) is 1.85. The van der Waals surface area contributed by atoms with Gasteiger partial charge >= 0.3 is 0 Å². The number of nitrogens with zero attached hydrogens (tertiary/aromatic N) is 1. The van der Waals surface area contributed by atoms with E-state index in [0.29, 0.717) is 17.4 Å². The fraction of sp³-hybridized carbons (Fsp3) is 1.00. The second-order valence-corrected chi connectivity index (χ2v) is 6.36. The molecule has 0 aromatic heterocycles. The predicted octanol–water partition coefficient (Wildman–Crippen LogP) is -0.428. The van der Waals surface area contributed by atoms with E-state index in [2.05, 4.69) is 10.2 Å². The quantitative estimate of drug-likeness (QED) is 0.683. The van der Waals surface area contributed by atoms with Crippen LogP contribution in [0.4, 0.5) is 0 Å². The molecular formula is C9H20N2O2S. The van der Waals surface area contributed by atoms with Gasteiger partial charge in [0.05, 0.1) is 11.5 Å². The number of hydrogen-bond donors (Lipinski definition) is 1. The Hall–Kier alpha value is -0.130. The van der Waals surface area contributed by atoms with Crippen LogP contribution < -0.4 is 5.32 Å². The first-order valence-electron chi connectivity index (χ1n) is 5.07. The van der Waals surface area contributed by atoms with Crippen molar-refractivity contribution < 1.29 is 8.42 Å². The lowest BCUT2D eigenvalue weighted by molar-refractivity contribution is 0.290. The second kappa shape index (κ2) is 5.09. The van der Waals surface area contributed by atoms with E-state index in [1.807, 2.05) is 14.1 Å². The molecule has 4 nitrogen and oxygen atoms in total. The van der Waals surface area contributed by atoms with Crippen molar-refractivity contribution in [1.82, 2.24) is 10.2 Å². The van der Waals surface area contributed by atoms with Gasteiger partial charge in [-0.15, -0.1) is 0 Å². The van der Waals surface area contributed by atoms with Crippen molar-refractivity contribution in [3.05, 3.63) is 0 Å². The molecule has 0 bridgehead atoms. The van der Waals surface area contributed by atoms with Crippen LogP contribution in [0.2, 0.25) is 0 Å². The smallest absolute Gasteiger partial charge is 0.150 e. The Morgan fingerprint density at radius 1 is 1.50 bits per heavy atom. The molecule has 1 fully saturated rings. The zero-order chi connectivity index (χ0) is 10.6. The van der Waals surface area contributed by atoms with Crippen LogP contribution in [0.5, 0.6) is 0 Å². The third-order valence-corrected chi connectivity index (χ3v) is 4.48. The van der Waals surface area contributed by atoms with Gasteiger partial charge in [-0.2, -0.15) is 0 Å². The van der Waals surface area contributed by atoms with Gasteiger partial charge in [-0.25, -0.2) is 8.42 Å². The van der Waals surface area contributed by atoms with Crippen LogP contribution in [-0.4, -0.2) is 58.6 Å². The molecule has 0 aromatic rings. The highest BCUT2D eigenvalue weighted by atomic mass is 32.2. The van der Waals surface area contributed by atoms with Crippen molar-refractivity contribution in [2.24, 2.45) is 5.92 Å². The Morgan fingerprint density at radius 3 is 2.71 bits per heavy atom. The maximum absolute atomic E-state index is 11.2. The van der Waals surface area contributed by atoms with Crippen molar-refractivity contribution in [2.45, 2.75) is 6.42 Å². The van der Waals surface area contributed by atoms with E-state index < -0.39 is 9.84 Å². The van der Waals surface area contributed by atoms with Gasteiger partial charge in [-0.3, -0.25) is 0 Å². The molecule has 1 N–H and O–H groups in total. The molecule has 1 unspecified atom stereocenters. The molecular weight excluding hydrogens is 200 g/mol. The zero-order valence-electron chi connectivity index (χ0n) is 8.99. The Bertz CT molecular complexity index is 264. The van der Waals surface area contributed by atoms with Crippen molar-refractivity contribution in [3.63, 3.8) is 0 Å². The van der Waals surface area contributed by atoms with Gasteiger partial charge < -0.3 is 10.2 Å². The monoisotopic (exact) mass is 220 g/mol. The Kier molecular flexibility index (Phi) is 4.34. The molecule has 1 heterocycles. The molecule has 1 rings (SSSR count). The summed E-state index contributed by atoms with van der Waals surface area (Å²) in [4.78, 5) is 2.20. The molecule has 1 saturated heterocycles. The highest BCUT2D eigenvalue weighted by Crippen LogP contribution is 2.18. The summed E-state index contributed by atoms with van der Waals surface area (Å²) in [6.07, 6.45) is 0.840. The van der Waals surface area contributed by atoms with Gasteiger partial charge in [0, 0.05) is 19.6 Å². The summed E-state index contributed by atoms with van der Waals surface area (Å²) in [5.74, 6) is 1.12. The van der Waals surface area contributed by atoms with Crippen molar-refractivity contribution in [2.75, 3.05) is 45.2 Å². The average Bonchev–Trinajstić information content (AvgIpc) is 2.42. The van der Waals surface area contributed by atoms with Crippen LogP contribution >= 0.6 is 0 Å². The highest BCUT2D eigenvalue weighted by molar-refractivity contribution is 7.91. The van der Waals surface area contributed by atoms with Crippen LogP contribution in [0.1, 0.15) is 6.42 Å². The Balaban J connectivity index is 2.25. The number of sulfone groups is 1. The van der Waals surface area contributed by atoms with Gasteiger partial charge in [0.1, 0.15) is 0 Å². The molecule has 1 aliphatic heterocycles. The van der Waals surface area contributed by atoms with Crippen LogP contribution in [-0.2, 0) is 9.84 Å². The van der Waals surface area contributed by atoms with Gasteiger partial charge in [0.2, 0.25) is 0 Å². The van der Waals surface area contributed by atoms with E-state index in [-0.39, 0.29) is 0 Å². The third-order valence-electron chi connectivity index (χ3n) is 2.64. The summed E-state index contributed by atoms with van der Waals surface area (Å²) < 4.78 is 22.4. The summed E-state index contributed by atoms with van der Waals surface area (Å²) in [6.45, 7) is 2.84. The standard InChI is InChI=1S/C9H20N2O2S/c1-10-4-5-11(2)7-9-3-6-14(12,13)8-9/h9-10H,3-8H2,1-2H3. The summed E-state index contributed by atoms with van der Waals surface area (Å²) >= 11 is 0. The van der Waals surface area contributed by atoms with E-state index in [1.54, 1.807) is 0 Å². The molecule has 0 aliphatic carbocycles. The van der Waals surface area contributed by atoms with E-state index >= 15 is 0 Å². The third kappa shape index (κ3) is 3.94. The molecule has 0 spiro atoms. The SMILES string of the molecule is CNCCN(C)CC1CCS(=O)(=O)C1. The van der Waals surface area contributed by atoms with Gasteiger partial charge in [0.25, 0.3) is 0 Å². The maximum atomic E-state index is 11.2. The molecule has 1 atom stereocenters. The minimum absolute atomic E-state index is 0.349. The van der Waals surface area contributed by atoms with Gasteiger partial charge in [-0.1, -0.05) is 0 Å². The van der Waals surface area contributed by atoms with Crippen molar-refractivity contribution in [1.29, 1.82) is 0 Å². The Labute approximate surface area is 86.6 Å². The summed E-state index contributed by atoms with van der Waals surface area (Å²) in [5.41, 5.74) is 0. The van der Waals surface area contributed by atoms with Crippen molar-refractivity contribution >= 4 is 9.84 Å². The summed E-state index contributed by atoms with van der Waals surface area (Å²) in [6, 6.07) is 0. The number of hydrogen-bond acceptors (Lipinski definition) is 4. The molecule has 0 aromatic carbocycles. The van der Waals surface area contributed by atoms with E-state index in [9.17, 15) is 8.42 Å². The highest BCUT2D eigenvalue weighted by Gasteiger charge is 2.28. The number of nitrogens with one attached hydrogen (secondary N) is 1. The van der Waals surface area contributed by atoms with Crippen LogP contribution in [0, 0.1) is 5.92 Å². The van der Waals surface area contributed by atoms with Gasteiger partial charge in [0.15, 0.2) is 9.84 Å². The van der Waals surface area contributed by atoms with E-state index in [4.69, 9.17) is 0 Å². The first-order valence-corrected chi connectivity index (χ1v) is 6.89. The molecule has 84 valence electrons. The van der Waals surface area contributed by atoms with Crippen LogP contribution in [0.25, 0.3) is 0 Å². The summed E-state index contributed by atoms with van der Waals surface area (Å²) in [7, 11) is 1.26. The summed E-state index contributed by atoms with van der Waals surface area (Å²) in [5, 5.41) is 3.08. The molecule has 0 saturated carbocycles. The molecule has 0 amide bonds. The second-order valence-electron chi connectivity index (χ2n) is 4.13. The van der Waals surface area contributed by atoms with E-state index in [1.165, 1.54) is 0 Å². The van der Waals surface area contributed by atoms with Gasteiger partial charge in [-0.05, 0) is 26.4 Å². The topological polar surface area (TPSA) is 49.4 Å². The predicted molar refractivity (Wildman–Crippen MR) is 58.2 cm³/mol. The Morgan fingerprint density at radius 2 is 2.21 bits per heavy atom. The van der Waals surface area contributed by atoms with Crippen LogP contribution in [0.15, 0.2) is 0 Å². The zero-order valence-corrected chi connectivity index (χ0v) is 9.81.